The summed E-state index contributed by atoms with van der Waals surface area (Å²) in [6, 6.07) is 14.1. The Morgan fingerprint density at radius 2 is 1.52 bits per heavy atom. The number of ether oxygens (including phenoxy) is 1. The molecule has 5 heteroatoms. The molecule has 4 aliphatic carbocycles. The van der Waals surface area contributed by atoms with Gasteiger partial charge in [-0.15, -0.1) is 0 Å². The lowest BCUT2D eigenvalue weighted by atomic mass is 9.63. The predicted octanol–water partition coefficient (Wildman–Crippen LogP) is 4.76. The van der Waals surface area contributed by atoms with Crippen LogP contribution in [-0.2, 0) is 15.0 Å². The van der Waals surface area contributed by atoms with Crippen LogP contribution in [0.15, 0.2) is 60.7 Å². The fraction of sp³-hybridized carbons (Fsp3) is 0.393. The molecule has 2 amide bonds. The smallest absolute Gasteiger partial charge is 0.343 e. The van der Waals surface area contributed by atoms with Crippen LogP contribution >= 0.6 is 0 Å². The zero-order chi connectivity index (χ0) is 23.1. The second-order valence-electron chi connectivity index (χ2n) is 10.9. The molecule has 5 aliphatic rings. The number of allylic oxidation sites excluding steroid dienone is 2. The zero-order valence-corrected chi connectivity index (χ0v) is 19.0. The standard InChI is InChI=1S/C28H27NO4/c1-28(2,3)16-7-9-18(10-8-16)33-27(32)15-5-4-6-17(13-15)29-25(30)23-19-11-12-20(22-14-21(19)22)24(23)26(29)31/h4-13,19-24H,14H2,1-3H3/t19-,20-,21-,22-,23+,24+/m0/s1. The number of carbonyl (C=O) groups excluding carboxylic acids is 3. The van der Waals surface area contributed by atoms with E-state index in [1.54, 1.807) is 36.4 Å². The second kappa shape index (κ2) is 6.89. The van der Waals surface area contributed by atoms with Crippen LogP contribution in [0, 0.1) is 35.5 Å². The Morgan fingerprint density at radius 3 is 2.09 bits per heavy atom. The molecule has 1 aliphatic heterocycles. The van der Waals surface area contributed by atoms with E-state index in [-0.39, 0.29) is 40.9 Å². The fourth-order valence-corrected chi connectivity index (χ4v) is 6.17. The summed E-state index contributed by atoms with van der Waals surface area (Å²) in [5.41, 5.74) is 1.92. The summed E-state index contributed by atoms with van der Waals surface area (Å²) in [7, 11) is 0. The molecule has 1 heterocycles. The van der Waals surface area contributed by atoms with Gasteiger partial charge in [0.05, 0.1) is 23.1 Å². The van der Waals surface area contributed by atoms with Crippen molar-refractivity contribution in [3.05, 3.63) is 71.8 Å². The summed E-state index contributed by atoms with van der Waals surface area (Å²) in [6.45, 7) is 6.38. The maximum absolute atomic E-state index is 13.3. The number of carbonyl (C=O) groups is 3. The van der Waals surface area contributed by atoms with Crippen molar-refractivity contribution in [2.45, 2.75) is 32.6 Å². The largest absolute Gasteiger partial charge is 0.423 e. The SMILES string of the molecule is CC(C)(C)c1ccc(OC(=O)c2cccc(N3C(=O)[C@@H]4[C@H]5C=C[C@@H]([C@@H]6C[C@@H]56)[C@H]4C3=O)c2)cc1. The minimum absolute atomic E-state index is 0.0123. The van der Waals surface area contributed by atoms with Crippen LogP contribution in [0.25, 0.3) is 0 Å². The van der Waals surface area contributed by atoms with E-state index in [1.165, 1.54) is 4.90 Å². The molecule has 1 saturated heterocycles. The minimum Gasteiger partial charge on any atom is -0.423 e. The van der Waals surface area contributed by atoms with Crippen LogP contribution in [-0.4, -0.2) is 17.8 Å². The van der Waals surface area contributed by atoms with Gasteiger partial charge in [-0.3, -0.25) is 9.59 Å². The van der Waals surface area contributed by atoms with Crippen LogP contribution in [0.3, 0.4) is 0 Å². The Labute approximate surface area is 193 Å². The van der Waals surface area contributed by atoms with Gasteiger partial charge in [0.2, 0.25) is 11.8 Å². The normalized spacial score (nSPS) is 31.4. The van der Waals surface area contributed by atoms with Crippen LogP contribution in [0.5, 0.6) is 5.75 Å². The highest BCUT2D eigenvalue weighted by Crippen LogP contribution is 2.65. The van der Waals surface area contributed by atoms with Crippen molar-refractivity contribution in [1.82, 2.24) is 0 Å². The zero-order valence-electron chi connectivity index (χ0n) is 19.0. The lowest BCUT2D eigenvalue weighted by molar-refractivity contribution is -0.124. The van der Waals surface area contributed by atoms with Crippen molar-refractivity contribution in [3.63, 3.8) is 0 Å². The Morgan fingerprint density at radius 1 is 0.909 bits per heavy atom. The number of imide groups is 1. The number of benzene rings is 2. The topological polar surface area (TPSA) is 63.7 Å². The number of esters is 1. The molecule has 0 N–H and O–H groups in total. The van der Waals surface area contributed by atoms with E-state index < -0.39 is 5.97 Å². The van der Waals surface area contributed by atoms with Crippen molar-refractivity contribution >= 4 is 23.5 Å². The molecule has 0 spiro atoms. The molecule has 5 nitrogen and oxygen atoms in total. The Hall–Kier alpha value is -3.21. The van der Waals surface area contributed by atoms with Crippen molar-refractivity contribution < 1.29 is 19.1 Å². The molecule has 2 aromatic rings. The quantitative estimate of drug-likeness (QED) is 0.298. The van der Waals surface area contributed by atoms with Gasteiger partial charge in [0.25, 0.3) is 0 Å². The molecular formula is C28H27NO4. The lowest BCUT2D eigenvalue weighted by Crippen LogP contribution is -2.40. The molecule has 33 heavy (non-hydrogen) atoms. The van der Waals surface area contributed by atoms with Gasteiger partial charge in [0.1, 0.15) is 5.75 Å². The number of rotatable bonds is 3. The summed E-state index contributed by atoms with van der Waals surface area (Å²) < 4.78 is 5.56. The molecule has 6 atom stereocenters. The third kappa shape index (κ3) is 3.09. The first-order valence-electron chi connectivity index (χ1n) is 11.7. The minimum atomic E-state index is -0.514. The molecule has 2 bridgehead atoms. The van der Waals surface area contributed by atoms with Crippen molar-refractivity contribution in [2.75, 3.05) is 4.90 Å². The monoisotopic (exact) mass is 441 g/mol. The van der Waals surface area contributed by atoms with E-state index in [4.69, 9.17) is 4.74 Å². The van der Waals surface area contributed by atoms with Gasteiger partial charge in [-0.1, -0.05) is 51.1 Å². The van der Waals surface area contributed by atoms with Crippen molar-refractivity contribution in [1.29, 1.82) is 0 Å². The molecule has 2 saturated carbocycles. The van der Waals surface area contributed by atoms with E-state index >= 15 is 0 Å². The molecule has 7 rings (SSSR count). The van der Waals surface area contributed by atoms with Crippen LogP contribution in [0.1, 0.15) is 43.1 Å². The van der Waals surface area contributed by atoms with E-state index in [0.717, 1.165) is 12.0 Å². The highest BCUT2D eigenvalue weighted by atomic mass is 16.5. The third-order valence-electron chi connectivity index (χ3n) is 7.93. The molecule has 0 unspecified atom stereocenters. The average Bonchev–Trinajstić information content (AvgIpc) is 3.57. The second-order valence-corrected chi connectivity index (χ2v) is 10.9. The maximum Gasteiger partial charge on any atom is 0.343 e. The average molecular weight is 442 g/mol. The molecule has 0 radical (unpaired) electrons. The van der Waals surface area contributed by atoms with Crippen molar-refractivity contribution in [3.8, 4) is 5.75 Å². The van der Waals surface area contributed by atoms with E-state index in [9.17, 15) is 14.4 Å². The number of amides is 2. The van der Waals surface area contributed by atoms with Gasteiger partial charge in [-0.2, -0.15) is 0 Å². The fourth-order valence-electron chi connectivity index (χ4n) is 6.17. The molecule has 2 aromatic carbocycles. The number of anilines is 1. The van der Waals surface area contributed by atoms with Gasteiger partial charge < -0.3 is 4.74 Å². The van der Waals surface area contributed by atoms with Crippen LogP contribution in [0.2, 0.25) is 0 Å². The van der Waals surface area contributed by atoms with Gasteiger partial charge in [-0.25, -0.2) is 9.69 Å². The lowest BCUT2D eigenvalue weighted by Gasteiger charge is -2.37. The summed E-state index contributed by atoms with van der Waals surface area (Å²) in [5.74, 6) is 0.649. The van der Waals surface area contributed by atoms with Gasteiger partial charge in [0, 0.05) is 0 Å². The van der Waals surface area contributed by atoms with Crippen LogP contribution in [0.4, 0.5) is 5.69 Å². The highest BCUT2D eigenvalue weighted by molar-refractivity contribution is 6.23. The highest BCUT2D eigenvalue weighted by Gasteiger charge is 2.67. The molecule has 0 aromatic heterocycles. The predicted molar refractivity (Wildman–Crippen MR) is 124 cm³/mol. The molecule has 168 valence electrons. The third-order valence-corrected chi connectivity index (χ3v) is 7.93. The first-order chi connectivity index (χ1) is 15.7. The molecule has 3 fully saturated rings. The first kappa shape index (κ1) is 20.4. The summed E-state index contributed by atoms with van der Waals surface area (Å²) >= 11 is 0. The maximum atomic E-state index is 13.3. The summed E-state index contributed by atoms with van der Waals surface area (Å²) in [5, 5.41) is 0. The van der Waals surface area contributed by atoms with E-state index in [2.05, 4.69) is 32.9 Å². The van der Waals surface area contributed by atoms with E-state index in [1.807, 2.05) is 12.1 Å². The van der Waals surface area contributed by atoms with Crippen LogP contribution < -0.4 is 9.64 Å². The Balaban J connectivity index is 1.23. The first-order valence-corrected chi connectivity index (χ1v) is 11.7. The van der Waals surface area contributed by atoms with E-state index in [0.29, 0.717) is 28.8 Å². The number of hydrogen-bond donors (Lipinski definition) is 0. The number of nitrogens with zero attached hydrogens (tertiary/aromatic N) is 1. The Bertz CT molecular complexity index is 1170. The summed E-state index contributed by atoms with van der Waals surface area (Å²) in [4.78, 5) is 40.8. The molecular weight excluding hydrogens is 414 g/mol. The summed E-state index contributed by atoms with van der Waals surface area (Å²) in [6.07, 6.45) is 5.45. The van der Waals surface area contributed by atoms with Gasteiger partial charge >= 0.3 is 5.97 Å². The van der Waals surface area contributed by atoms with Gasteiger partial charge in [0.15, 0.2) is 0 Å². The van der Waals surface area contributed by atoms with Crippen molar-refractivity contribution in [2.24, 2.45) is 35.5 Å². The Kier molecular flexibility index (Phi) is 4.26. The van der Waals surface area contributed by atoms with Gasteiger partial charge in [-0.05, 0) is 71.4 Å². The number of hydrogen-bond acceptors (Lipinski definition) is 4.